The highest BCUT2D eigenvalue weighted by Gasteiger charge is 2.53. The zero-order valence-electron chi connectivity index (χ0n) is 7.82. The van der Waals surface area contributed by atoms with Crippen LogP contribution in [-0.2, 0) is 10.2 Å². The lowest BCUT2D eigenvalue weighted by Gasteiger charge is -2.09. The number of anilines is 1. The number of hydrogen-bond acceptors (Lipinski definition) is 4. The molecular formula is C9H11N3O2. The molecule has 1 saturated carbocycles. The van der Waals surface area contributed by atoms with E-state index in [1.165, 1.54) is 0 Å². The Kier molecular flexibility index (Phi) is 1.87. The van der Waals surface area contributed by atoms with Gasteiger partial charge in [0.15, 0.2) is 0 Å². The van der Waals surface area contributed by atoms with Crippen LogP contribution < -0.4 is 5.32 Å². The molecule has 14 heavy (non-hydrogen) atoms. The van der Waals surface area contributed by atoms with Gasteiger partial charge in [0.25, 0.3) is 0 Å². The average Bonchev–Trinajstić information content (AvgIpc) is 2.98. The van der Waals surface area contributed by atoms with E-state index in [-0.39, 0.29) is 0 Å². The van der Waals surface area contributed by atoms with Gasteiger partial charge < -0.3 is 10.4 Å². The molecule has 0 spiro atoms. The van der Waals surface area contributed by atoms with Crippen molar-refractivity contribution in [2.75, 3.05) is 12.4 Å². The van der Waals surface area contributed by atoms with Crippen LogP contribution in [0.2, 0.25) is 0 Å². The lowest BCUT2D eigenvalue weighted by molar-refractivity contribution is -0.140. The van der Waals surface area contributed by atoms with Crippen LogP contribution in [0.25, 0.3) is 0 Å². The summed E-state index contributed by atoms with van der Waals surface area (Å²) in [5, 5.41) is 11.8. The van der Waals surface area contributed by atoms with Gasteiger partial charge in [-0.2, -0.15) is 0 Å². The highest BCUT2D eigenvalue weighted by Crippen LogP contribution is 2.47. The fraction of sp³-hybridized carbons (Fsp3) is 0.444. The summed E-state index contributed by atoms with van der Waals surface area (Å²) < 4.78 is 0. The van der Waals surface area contributed by atoms with E-state index in [4.69, 9.17) is 5.11 Å². The highest BCUT2D eigenvalue weighted by atomic mass is 16.4. The van der Waals surface area contributed by atoms with Gasteiger partial charge in [0.2, 0.25) is 5.95 Å². The molecule has 1 fully saturated rings. The van der Waals surface area contributed by atoms with Crippen molar-refractivity contribution in [3.63, 3.8) is 0 Å². The summed E-state index contributed by atoms with van der Waals surface area (Å²) in [6.45, 7) is 0. The zero-order chi connectivity index (χ0) is 10.2. The van der Waals surface area contributed by atoms with Crippen LogP contribution in [0.4, 0.5) is 5.95 Å². The van der Waals surface area contributed by atoms with E-state index in [9.17, 15) is 4.79 Å². The van der Waals surface area contributed by atoms with Crippen molar-refractivity contribution in [3.8, 4) is 0 Å². The molecule has 5 heteroatoms. The van der Waals surface area contributed by atoms with E-state index >= 15 is 0 Å². The number of aromatic nitrogens is 2. The van der Waals surface area contributed by atoms with Crippen LogP contribution in [0.15, 0.2) is 12.3 Å². The van der Waals surface area contributed by atoms with Crippen molar-refractivity contribution in [1.82, 2.24) is 9.97 Å². The van der Waals surface area contributed by atoms with Gasteiger partial charge in [0.1, 0.15) is 5.41 Å². The van der Waals surface area contributed by atoms with Gasteiger partial charge in [-0.25, -0.2) is 9.97 Å². The smallest absolute Gasteiger partial charge is 0.315 e. The average molecular weight is 193 g/mol. The molecule has 0 aromatic carbocycles. The Morgan fingerprint density at radius 2 is 2.36 bits per heavy atom. The molecule has 0 saturated heterocycles. The monoisotopic (exact) mass is 193 g/mol. The van der Waals surface area contributed by atoms with Gasteiger partial charge in [-0.15, -0.1) is 0 Å². The van der Waals surface area contributed by atoms with Crippen LogP contribution >= 0.6 is 0 Å². The number of carbonyl (C=O) groups is 1. The van der Waals surface area contributed by atoms with Crippen molar-refractivity contribution in [1.29, 1.82) is 0 Å². The fourth-order valence-electron chi connectivity index (χ4n) is 1.45. The number of carboxylic acid groups (broad SMARTS) is 1. The Morgan fingerprint density at radius 3 is 2.86 bits per heavy atom. The highest BCUT2D eigenvalue weighted by molar-refractivity contribution is 5.84. The van der Waals surface area contributed by atoms with Gasteiger partial charge in [0.05, 0.1) is 5.69 Å². The molecule has 2 N–H and O–H groups in total. The minimum atomic E-state index is -0.793. The zero-order valence-corrected chi connectivity index (χ0v) is 7.82. The first-order valence-corrected chi connectivity index (χ1v) is 4.44. The summed E-state index contributed by atoms with van der Waals surface area (Å²) in [6.07, 6.45) is 2.92. The van der Waals surface area contributed by atoms with Crippen molar-refractivity contribution < 1.29 is 9.90 Å². The SMILES string of the molecule is CNc1nccc(C2(C(=O)O)CC2)n1. The first-order valence-electron chi connectivity index (χ1n) is 4.44. The van der Waals surface area contributed by atoms with Gasteiger partial charge >= 0.3 is 5.97 Å². The second-order valence-corrected chi connectivity index (χ2v) is 3.40. The predicted octanol–water partition coefficient (Wildman–Crippen LogP) is 0.635. The van der Waals surface area contributed by atoms with Crippen molar-refractivity contribution >= 4 is 11.9 Å². The Hall–Kier alpha value is -1.65. The summed E-state index contributed by atoms with van der Waals surface area (Å²) in [7, 11) is 1.71. The molecule has 2 rings (SSSR count). The van der Waals surface area contributed by atoms with Crippen LogP contribution in [0, 0.1) is 0 Å². The largest absolute Gasteiger partial charge is 0.481 e. The van der Waals surface area contributed by atoms with E-state index in [1.807, 2.05) is 0 Å². The Labute approximate surface area is 81.2 Å². The minimum Gasteiger partial charge on any atom is -0.481 e. The van der Waals surface area contributed by atoms with Crippen molar-refractivity contribution in [2.45, 2.75) is 18.3 Å². The molecule has 1 aromatic heterocycles. The maximum atomic E-state index is 11.0. The van der Waals surface area contributed by atoms with Crippen LogP contribution in [0.3, 0.4) is 0 Å². The first kappa shape index (κ1) is 8.93. The normalized spacial score (nSPS) is 17.5. The van der Waals surface area contributed by atoms with Crippen molar-refractivity contribution in [3.05, 3.63) is 18.0 Å². The summed E-state index contributed by atoms with van der Waals surface area (Å²) in [6, 6.07) is 1.67. The Morgan fingerprint density at radius 1 is 1.64 bits per heavy atom. The summed E-state index contributed by atoms with van der Waals surface area (Å²) in [4.78, 5) is 19.1. The van der Waals surface area contributed by atoms with Crippen molar-refractivity contribution in [2.24, 2.45) is 0 Å². The third-order valence-electron chi connectivity index (χ3n) is 2.53. The third-order valence-corrected chi connectivity index (χ3v) is 2.53. The van der Waals surface area contributed by atoms with Crippen LogP contribution in [0.5, 0.6) is 0 Å². The van der Waals surface area contributed by atoms with E-state index in [0.29, 0.717) is 24.5 Å². The fourth-order valence-corrected chi connectivity index (χ4v) is 1.45. The Balaban J connectivity index is 2.37. The van der Waals surface area contributed by atoms with E-state index in [0.717, 1.165) is 0 Å². The van der Waals surface area contributed by atoms with Gasteiger partial charge in [0, 0.05) is 13.2 Å². The van der Waals surface area contributed by atoms with Gasteiger partial charge in [-0.3, -0.25) is 4.79 Å². The number of carboxylic acids is 1. The molecule has 74 valence electrons. The standard InChI is InChI=1S/C9H11N3O2/c1-10-8-11-5-2-6(12-8)9(3-4-9)7(13)14/h2,5H,3-4H2,1H3,(H,13,14)(H,10,11,12). The number of rotatable bonds is 3. The number of aliphatic carboxylic acids is 1. The molecule has 0 atom stereocenters. The van der Waals surface area contributed by atoms with E-state index in [1.54, 1.807) is 19.3 Å². The van der Waals surface area contributed by atoms with Crippen LogP contribution in [-0.4, -0.2) is 28.1 Å². The summed E-state index contributed by atoms with van der Waals surface area (Å²) in [5.74, 6) is -0.326. The topological polar surface area (TPSA) is 75.1 Å². The molecule has 1 aliphatic rings. The number of hydrogen-bond donors (Lipinski definition) is 2. The third kappa shape index (κ3) is 1.21. The maximum Gasteiger partial charge on any atom is 0.315 e. The molecule has 0 unspecified atom stereocenters. The molecule has 1 heterocycles. The molecule has 5 nitrogen and oxygen atoms in total. The Bertz CT molecular complexity index is 374. The molecular weight excluding hydrogens is 182 g/mol. The van der Waals surface area contributed by atoms with E-state index in [2.05, 4.69) is 15.3 Å². The maximum absolute atomic E-state index is 11.0. The summed E-state index contributed by atoms with van der Waals surface area (Å²) in [5.41, 5.74) is -0.140. The molecule has 1 aliphatic carbocycles. The lowest BCUT2D eigenvalue weighted by atomic mass is 10.0. The summed E-state index contributed by atoms with van der Waals surface area (Å²) >= 11 is 0. The van der Waals surface area contributed by atoms with Gasteiger partial charge in [-0.1, -0.05) is 0 Å². The molecule has 0 amide bonds. The van der Waals surface area contributed by atoms with Gasteiger partial charge in [-0.05, 0) is 18.9 Å². The minimum absolute atomic E-state index is 0.468. The van der Waals surface area contributed by atoms with E-state index < -0.39 is 11.4 Å². The predicted molar refractivity (Wildman–Crippen MR) is 50.1 cm³/mol. The molecule has 0 radical (unpaired) electrons. The second kappa shape index (κ2) is 2.94. The second-order valence-electron chi connectivity index (χ2n) is 3.40. The molecule has 0 aliphatic heterocycles. The first-order chi connectivity index (χ1) is 6.69. The lowest BCUT2D eigenvalue weighted by Crippen LogP contribution is -2.21. The molecule has 0 bridgehead atoms. The number of nitrogens with one attached hydrogen (secondary N) is 1. The van der Waals surface area contributed by atoms with Crippen LogP contribution in [0.1, 0.15) is 18.5 Å². The molecule has 1 aromatic rings. The quantitative estimate of drug-likeness (QED) is 0.736. The number of nitrogens with zero attached hydrogens (tertiary/aromatic N) is 2.